The molecule has 1 aromatic carbocycles. The maximum Gasteiger partial charge on any atom is 0.260 e. The molecule has 3 rings (SSSR count). The fourth-order valence-corrected chi connectivity index (χ4v) is 2.96. The first kappa shape index (κ1) is 12.5. The topological polar surface area (TPSA) is 42.2 Å². The Labute approximate surface area is 120 Å². The number of fused-ring (bicyclic) bond motifs is 1. The number of furan rings is 1. The van der Waals surface area contributed by atoms with Gasteiger partial charge in [-0.2, -0.15) is 0 Å². The molecule has 1 amide bonds. The van der Waals surface area contributed by atoms with Crippen molar-refractivity contribution in [1.82, 2.24) is 0 Å². The van der Waals surface area contributed by atoms with Crippen LogP contribution in [0.15, 0.2) is 39.6 Å². The largest absolute Gasteiger partial charge is 0.457 e. The van der Waals surface area contributed by atoms with Crippen LogP contribution in [0.1, 0.15) is 34.3 Å². The molecule has 2 aromatic rings. The van der Waals surface area contributed by atoms with Crippen LogP contribution in [0.2, 0.25) is 0 Å². The molecule has 0 radical (unpaired) electrons. The number of rotatable bonds is 2. The molecule has 0 spiro atoms. The lowest BCUT2D eigenvalue weighted by Gasteiger charge is -2.19. The number of carbonyl (C=O) groups is 1. The Kier molecular flexibility index (Phi) is 3.42. The second-order valence-electron chi connectivity index (χ2n) is 4.71. The zero-order valence-corrected chi connectivity index (χ0v) is 12.0. The summed E-state index contributed by atoms with van der Waals surface area (Å²) in [6.07, 6.45) is 6.07. The van der Waals surface area contributed by atoms with Crippen molar-refractivity contribution < 1.29 is 9.21 Å². The Bertz CT molecular complexity index is 618. The molecular formula is C15H14BrNO2. The summed E-state index contributed by atoms with van der Waals surface area (Å²) in [5.74, 6) is -0.139. The van der Waals surface area contributed by atoms with Gasteiger partial charge in [-0.15, -0.1) is 0 Å². The molecule has 0 bridgehead atoms. The van der Waals surface area contributed by atoms with Crippen LogP contribution in [0.25, 0.3) is 0 Å². The van der Waals surface area contributed by atoms with Crippen molar-refractivity contribution in [1.29, 1.82) is 0 Å². The van der Waals surface area contributed by atoms with Crippen molar-refractivity contribution in [3.8, 4) is 0 Å². The SMILES string of the molecule is O=C(Nc1cccc2c1CCCC2)c1ccoc1Br. The lowest BCUT2D eigenvalue weighted by atomic mass is 9.90. The highest BCUT2D eigenvalue weighted by atomic mass is 79.9. The molecule has 1 aliphatic rings. The van der Waals surface area contributed by atoms with Crippen molar-refractivity contribution in [2.45, 2.75) is 25.7 Å². The molecule has 1 aromatic heterocycles. The van der Waals surface area contributed by atoms with Gasteiger partial charge in [0.1, 0.15) is 0 Å². The number of nitrogens with one attached hydrogen (secondary N) is 1. The summed E-state index contributed by atoms with van der Waals surface area (Å²) in [6.45, 7) is 0. The van der Waals surface area contributed by atoms with Gasteiger partial charge in [-0.3, -0.25) is 4.79 Å². The summed E-state index contributed by atoms with van der Waals surface area (Å²) >= 11 is 3.23. The highest BCUT2D eigenvalue weighted by Gasteiger charge is 2.17. The summed E-state index contributed by atoms with van der Waals surface area (Å²) in [5.41, 5.74) is 4.08. The number of anilines is 1. The van der Waals surface area contributed by atoms with Gasteiger partial charge in [-0.1, -0.05) is 12.1 Å². The van der Waals surface area contributed by atoms with Crippen LogP contribution in [0.5, 0.6) is 0 Å². The molecule has 4 heteroatoms. The average molecular weight is 320 g/mol. The normalized spacial score (nSPS) is 13.9. The lowest BCUT2D eigenvalue weighted by molar-refractivity contribution is 0.102. The molecular weight excluding hydrogens is 306 g/mol. The fraction of sp³-hybridized carbons (Fsp3) is 0.267. The molecule has 3 nitrogen and oxygen atoms in total. The van der Waals surface area contributed by atoms with E-state index in [-0.39, 0.29) is 5.91 Å². The average Bonchev–Trinajstić information content (AvgIpc) is 2.85. The number of amides is 1. The van der Waals surface area contributed by atoms with Crippen molar-refractivity contribution in [2.24, 2.45) is 0 Å². The van der Waals surface area contributed by atoms with E-state index < -0.39 is 0 Å². The number of carbonyl (C=O) groups excluding carboxylic acids is 1. The molecule has 1 N–H and O–H groups in total. The molecule has 0 unspecified atom stereocenters. The number of aryl methyl sites for hydroxylation is 1. The molecule has 0 saturated carbocycles. The van der Waals surface area contributed by atoms with Crippen molar-refractivity contribution >= 4 is 27.5 Å². The van der Waals surface area contributed by atoms with E-state index in [0.717, 1.165) is 18.5 Å². The van der Waals surface area contributed by atoms with E-state index in [4.69, 9.17) is 4.42 Å². The standard InChI is InChI=1S/C15H14BrNO2/c16-14-12(8-9-19-14)15(18)17-13-7-3-5-10-4-1-2-6-11(10)13/h3,5,7-9H,1-2,4,6H2,(H,17,18). The van der Waals surface area contributed by atoms with E-state index in [9.17, 15) is 4.79 Å². The quantitative estimate of drug-likeness (QED) is 0.902. The van der Waals surface area contributed by atoms with Gasteiger partial charge in [0, 0.05) is 5.69 Å². The number of halogens is 1. The molecule has 1 heterocycles. The van der Waals surface area contributed by atoms with Crippen LogP contribution in [0.3, 0.4) is 0 Å². The first-order valence-electron chi connectivity index (χ1n) is 6.41. The van der Waals surface area contributed by atoms with Crippen LogP contribution in [0, 0.1) is 0 Å². The van der Waals surface area contributed by atoms with Gasteiger partial charge in [0.15, 0.2) is 4.67 Å². The maximum atomic E-state index is 12.2. The highest BCUT2D eigenvalue weighted by Crippen LogP contribution is 2.28. The summed E-state index contributed by atoms with van der Waals surface area (Å²) in [7, 11) is 0. The van der Waals surface area contributed by atoms with Gasteiger partial charge in [0.2, 0.25) is 0 Å². The minimum atomic E-state index is -0.139. The van der Waals surface area contributed by atoms with Gasteiger partial charge in [0.05, 0.1) is 11.8 Å². The second-order valence-corrected chi connectivity index (χ2v) is 5.43. The van der Waals surface area contributed by atoms with E-state index in [1.54, 1.807) is 6.07 Å². The Balaban J connectivity index is 1.88. The highest BCUT2D eigenvalue weighted by molar-refractivity contribution is 9.10. The Morgan fingerprint density at radius 2 is 2.05 bits per heavy atom. The van der Waals surface area contributed by atoms with Crippen molar-refractivity contribution in [2.75, 3.05) is 5.32 Å². The Hall–Kier alpha value is -1.55. The van der Waals surface area contributed by atoms with E-state index >= 15 is 0 Å². The molecule has 19 heavy (non-hydrogen) atoms. The zero-order valence-electron chi connectivity index (χ0n) is 10.4. The predicted molar refractivity (Wildman–Crippen MR) is 77.4 cm³/mol. The van der Waals surface area contributed by atoms with Gasteiger partial charge >= 0.3 is 0 Å². The zero-order chi connectivity index (χ0) is 13.2. The summed E-state index contributed by atoms with van der Waals surface area (Å²) in [6, 6.07) is 7.78. The molecule has 0 atom stereocenters. The van der Waals surface area contributed by atoms with Crippen LogP contribution in [-0.2, 0) is 12.8 Å². The van der Waals surface area contributed by atoms with Crippen LogP contribution in [-0.4, -0.2) is 5.91 Å². The predicted octanol–water partition coefficient (Wildman–Crippen LogP) is 4.17. The summed E-state index contributed by atoms with van der Waals surface area (Å²) < 4.78 is 5.56. The fourth-order valence-electron chi connectivity index (χ4n) is 2.54. The Morgan fingerprint density at radius 3 is 2.84 bits per heavy atom. The number of benzene rings is 1. The van der Waals surface area contributed by atoms with Gasteiger partial charge < -0.3 is 9.73 Å². The van der Waals surface area contributed by atoms with Gasteiger partial charge in [-0.25, -0.2) is 0 Å². The first-order valence-corrected chi connectivity index (χ1v) is 7.20. The third-order valence-corrected chi connectivity index (χ3v) is 4.12. The minimum Gasteiger partial charge on any atom is -0.457 e. The van der Waals surface area contributed by atoms with Crippen LogP contribution >= 0.6 is 15.9 Å². The van der Waals surface area contributed by atoms with E-state index in [1.165, 1.54) is 30.2 Å². The third-order valence-electron chi connectivity index (χ3n) is 3.51. The first-order chi connectivity index (χ1) is 9.25. The summed E-state index contributed by atoms with van der Waals surface area (Å²) in [5, 5.41) is 2.98. The maximum absolute atomic E-state index is 12.2. The van der Waals surface area contributed by atoms with Gasteiger partial charge in [0.25, 0.3) is 5.91 Å². The molecule has 0 saturated heterocycles. The number of hydrogen-bond acceptors (Lipinski definition) is 2. The van der Waals surface area contributed by atoms with E-state index in [2.05, 4.69) is 27.3 Å². The van der Waals surface area contributed by atoms with E-state index in [1.807, 2.05) is 12.1 Å². The minimum absolute atomic E-state index is 0.139. The van der Waals surface area contributed by atoms with Crippen molar-refractivity contribution in [3.63, 3.8) is 0 Å². The molecule has 98 valence electrons. The van der Waals surface area contributed by atoms with Crippen molar-refractivity contribution in [3.05, 3.63) is 51.9 Å². The molecule has 1 aliphatic carbocycles. The van der Waals surface area contributed by atoms with Crippen LogP contribution < -0.4 is 5.32 Å². The smallest absolute Gasteiger partial charge is 0.260 e. The van der Waals surface area contributed by atoms with E-state index in [0.29, 0.717) is 10.2 Å². The third kappa shape index (κ3) is 2.45. The Morgan fingerprint density at radius 1 is 1.21 bits per heavy atom. The monoisotopic (exact) mass is 319 g/mol. The van der Waals surface area contributed by atoms with Crippen LogP contribution in [0.4, 0.5) is 5.69 Å². The number of hydrogen-bond donors (Lipinski definition) is 1. The van der Waals surface area contributed by atoms with Gasteiger partial charge in [-0.05, 0) is 64.9 Å². The summed E-state index contributed by atoms with van der Waals surface area (Å²) in [4.78, 5) is 12.2. The molecule has 0 aliphatic heterocycles. The molecule has 0 fully saturated rings. The second kappa shape index (κ2) is 5.21. The lowest BCUT2D eigenvalue weighted by Crippen LogP contribution is -2.15.